The molecule has 0 atom stereocenters. The molecule has 0 aliphatic carbocycles. The lowest BCUT2D eigenvalue weighted by Gasteiger charge is -2.36. The van der Waals surface area contributed by atoms with Crippen LogP contribution in [-0.4, -0.2) is 45.5 Å². The molecular formula is C16H24ClN3O2. The highest BCUT2D eigenvalue weighted by Gasteiger charge is 2.32. The summed E-state index contributed by atoms with van der Waals surface area (Å²) in [5, 5.41) is 7.36. The van der Waals surface area contributed by atoms with Gasteiger partial charge < -0.3 is 20.1 Å². The molecule has 2 rings (SSSR count). The second-order valence-electron chi connectivity index (χ2n) is 5.37. The molecule has 0 spiro atoms. The molecule has 0 radical (unpaired) electrons. The molecule has 122 valence electrons. The summed E-state index contributed by atoms with van der Waals surface area (Å²) in [4.78, 5) is 4.25. The predicted molar refractivity (Wildman–Crippen MR) is 89.4 cm³/mol. The number of nitrogens with zero attached hydrogens (tertiary/aromatic N) is 1. The van der Waals surface area contributed by atoms with Crippen LogP contribution in [0.4, 0.5) is 0 Å². The van der Waals surface area contributed by atoms with E-state index in [0.717, 1.165) is 42.6 Å². The molecule has 22 heavy (non-hydrogen) atoms. The van der Waals surface area contributed by atoms with E-state index >= 15 is 0 Å². The Kier molecular flexibility index (Phi) is 6.49. The van der Waals surface area contributed by atoms with Crippen molar-refractivity contribution < 1.29 is 9.47 Å². The summed E-state index contributed by atoms with van der Waals surface area (Å²) >= 11 is 6.16. The minimum atomic E-state index is -0.180. The molecule has 1 heterocycles. The first kappa shape index (κ1) is 17.1. The number of aliphatic imine (C=N–C) groups is 1. The van der Waals surface area contributed by atoms with Crippen molar-refractivity contribution in [2.24, 2.45) is 4.99 Å². The van der Waals surface area contributed by atoms with E-state index in [1.807, 2.05) is 24.3 Å². The Bertz CT molecular complexity index is 502. The van der Waals surface area contributed by atoms with Crippen molar-refractivity contribution in [1.82, 2.24) is 10.6 Å². The fourth-order valence-electron chi connectivity index (χ4n) is 2.48. The van der Waals surface area contributed by atoms with Crippen molar-refractivity contribution in [3.05, 3.63) is 34.9 Å². The highest BCUT2D eigenvalue weighted by Crippen LogP contribution is 2.23. The van der Waals surface area contributed by atoms with E-state index in [2.05, 4.69) is 15.6 Å². The van der Waals surface area contributed by atoms with Gasteiger partial charge in [-0.2, -0.15) is 0 Å². The monoisotopic (exact) mass is 325 g/mol. The lowest BCUT2D eigenvalue weighted by molar-refractivity contribution is -0.0855. The molecule has 2 N–H and O–H groups in total. The normalized spacial score (nSPS) is 18.0. The van der Waals surface area contributed by atoms with E-state index in [1.165, 1.54) is 0 Å². The minimum Gasteiger partial charge on any atom is -0.381 e. The average Bonchev–Trinajstić information content (AvgIpc) is 2.57. The molecular weight excluding hydrogens is 302 g/mol. The quantitative estimate of drug-likeness (QED) is 0.644. The van der Waals surface area contributed by atoms with Crippen molar-refractivity contribution in [3.8, 4) is 0 Å². The molecule has 0 unspecified atom stereocenters. The van der Waals surface area contributed by atoms with Gasteiger partial charge in [-0.15, -0.1) is 0 Å². The molecule has 0 amide bonds. The third-order valence-electron chi connectivity index (χ3n) is 4.04. The van der Waals surface area contributed by atoms with Gasteiger partial charge in [-0.25, -0.2) is 0 Å². The van der Waals surface area contributed by atoms with Crippen LogP contribution in [0.1, 0.15) is 18.4 Å². The van der Waals surface area contributed by atoms with E-state index in [0.29, 0.717) is 13.1 Å². The average molecular weight is 326 g/mol. The van der Waals surface area contributed by atoms with Gasteiger partial charge in [0.25, 0.3) is 0 Å². The summed E-state index contributed by atoms with van der Waals surface area (Å²) in [6.07, 6.45) is 1.77. The molecule has 1 aromatic rings. The van der Waals surface area contributed by atoms with Crippen LogP contribution in [0.25, 0.3) is 0 Å². The van der Waals surface area contributed by atoms with E-state index in [1.54, 1.807) is 14.2 Å². The van der Waals surface area contributed by atoms with E-state index in [9.17, 15) is 0 Å². The van der Waals surface area contributed by atoms with Gasteiger partial charge in [-0.05, 0) is 11.6 Å². The molecule has 0 bridgehead atoms. The molecule has 1 aliphatic heterocycles. The third kappa shape index (κ3) is 4.60. The van der Waals surface area contributed by atoms with Gasteiger partial charge >= 0.3 is 0 Å². The lowest BCUT2D eigenvalue weighted by Crippen LogP contribution is -2.50. The van der Waals surface area contributed by atoms with Crippen LogP contribution < -0.4 is 10.6 Å². The Morgan fingerprint density at radius 1 is 1.32 bits per heavy atom. The first-order valence-electron chi connectivity index (χ1n) is 7.50. The SMILES string of the molecule is CN=C(NCc1ccccc1Cl)NCC1(OC)CCOCC1. The van der Waals surface area contributed by atoms with Crippen LogP contribution >= 0.6 is 11.6 Å². The number of hydrogen-bond donors (Lipinski definition) is 2. The summed E-state index contributed by atoms with van der Waals surface area (Å²) in [6, 6.07) is 7.78. The first-order valence-corrected chi connectivity index (χ1v) is 7.88. The van der Waals surface area contributed by atoms with Crippen LogP contribution in [0.3, 0.4) is 0 Å². The summed E-state index contributed by atoms with van der Waals surface area (Å²) in [5.41, 5.74) is 0.861. The Morgan fingerprint density at radius 2 is 2.05 bits per heavy atom. The molecule has 0 aromatic heterocycles. The highest BCUT2D eigenvalue weighted by atomic mass is 35.5. The molecule has 6 heteroatoms. The zero-order valence-electron chi connectivity index (χ0n) is 13.2. The number of halogens is 1. The number of hydrogen-bond acceptors (Lipinski definition) is 3. The predicted octanol–water partition coefficient (Wildman–Crippen LogP) is 2.20. The Morgan fingerprint density at radius 3 is 2.68 bits per heavy atom. The fraction of sp³-hybridized carbons (Fsp3) is 0.562. The van der Waals surface area contributed by atoms with Crippen LogP contribution in [0.5, 0.6) is 0 Å². The van der Waals surface area contributed by atoms with Crippen molar-refractivity contribution in [3.63, 3.8) is 0 Å². The van der Waals surface area contributed by atoms with Gasteiger partial charge in [0.15, 0.2) is 5.96 Å². The summed E-state index contributed by atoms with van der Waals surface area (Å²) in [6.45, 7) is 2.81. The standard InChI is InChI=1S/C16H24ClN3O2/c1-18-15(19-11-13-5-3-4-6-14(13)17)20-12-16(21-2)7-9-22-10-8-16/h3-6H,7-12H2,1-2H3,(H2,18,19,20). The number of methoxy groups -OCH3 is 1. The second-order valence-corrected chi connectivity index (χ2v) is 5.78. The minimum absolute atomic E-state index is 0.180. The van der Waals surface area contributed by atoms with Crippen molar-refractivity contribution in [2.45, 2.75) is 25.0 Å². The zero-order chi connectivity index (χ0) is 15.8. The van der Waals surface area contributed by atoms with E-state index in [4.69, 9.17) is 21.1 Å². The fourth-order valence-corrected chi connectivity index (χ4v) is 2.69. The van der Waals surface area contributed by atoms with Crippen LogP contribution in [0.15, 0.2) is 29.3 Å². The molecule has 0 saturated carbocycles. The number of benzene rings is 1. The molecule has 5 nitrogen and oxygen atoms in total. The molecule has 1 aliphatic rings. The van der Waals surface area contributed by atoms with Gasteiger partial charge in [0.05, 0.1) is 5.60 Å². The third-order valence-corrected chi connectivity index (χ3v) is 4.41. The van der Waals surface area contributed by atoms with E-state index in [-0.39, 0.29) is 5.60 Å². The van der Waals surface area contributed by atoms with Crippen molar-refractivity contribution >= 4 is 17.6 Å². The Balaban J connectivity index is 1.86. The van der Waals surface area contributed by atoms with E-state index < -0.39 is 0 Å². The number of ether oxygens (including phenoxy) is 2. The van der Waals surface area contributed by atoms with Gasteiger partial charge in [0, 0.05) is 58.3 Å². The topological polar surface area (TPSA) is 54.9 Å². The largest absolute Gasteiger partial charge is 0.381 e. The van der Waals surface area contributed by atoms with Gasteiger partial charge in [-0.1, -0.05) is 29.8 Å². The number of guanidine groups is 1. The summed E-state index contributed by atoms with van der Waals surface area (Å²) < 4.78 is 11.1. The zero-order valence-corrected chi connectivity index (χ0v) is 13.9. The smallest absolute Gasteiger partial charge is 0.191 e. The Hall–Kier alpha value is -1.30. The van der Waals surface area contributed by atoms with Gasteiger partial charge in [-0.3, -0.25) is 4.99 Å². The molecule has 1 aromatic carbocycles. The van der Waals surface area contributed by atoms with Gasteiger partial charge in [0.2, 0.25) is 0 Å². The number of rotatable bonds is 5. The summed E-state index contributed by atoms with van der Waals surface area (Å²) in [7, 11) is 3.51. The highest BCUT2D eigenvalue weighted by molar-refractivity contribution is 6.31. The first-order chi connectivity index (χ1) is 10.7. The van der Waals surface area contributed by atoms with Crippen molar-refractivity contribution in [1.29, 1.82) is 0 Å². The number of nitrogens with one attached hydrogen (secondary N) is 2. The van der Waals surface area contributed by atoms with Crippen LogP contribution in [0.2, 0.25) is 5.02 Å². The second kappa shape index (κ2) is 8.36. The maximum Gasteiger partial charge on any atom is 0.191 e. The maximum absolute atomic E-state index is 6.16. The maximum atomic E-state index is 6.16. The van der Waals surface area contributed by atoms with Crippen molar-refractivity contribution in [2.75, 3.05) is 33.9 Å². The molecule has 1 fully saturated rings. The summed E-state index contributed by atoms with van der Waals surface area (Å²) in [5.74, 6) is 0.739. The Labute approximate surface area is 137 Å². The van der Waals surface area contributed by atoms with Crippen LogP contribution in [0, 0.1) is 0 Å². The van der Waals surface area contributed by atoms with Gasteiger partial charge in [0.1, 0.15) is 0 Å². The van der Waals surface area contributed by atoms with Crippen LogP contribution in [-0.2, 0) is 16.0 Å². The molecule has 1 saturated heterocycles. The lowest BCUT2D eigenvalue weighted by atomic mass is 9.94.